The Morgan fingerprint density at radius 3 is 1.47 bits per heavy atom. The molecule has 3 heterocycles. The molecule has 0 aliphatic carbocycles. The van der Waals surface area contributed by atoms with Gasteiger partial charge in [0, 0.05) is 49.1 Å². The van der Waals surface area contributed by atoms with Crippen LogP contribution in [-0.4, -0.2) is 13.7 Å². The van der Waals surface area contributed by atoms with Gasteiger partial charge in [-0.05, 0) is 72.8 Å². The van der Waals surface area contributed by atoms with E-state index in [1.807, 2.05) is 42.5 Å². The van der Waals surface area contributed by atoms with E-state index in [9.17, 15) is 10.5 Å². The van der Waals surface area contributed by atoms with Gasteiger partial charge < -0.3 is 13.7 Å². The second-order valence-electron chi connectivity index (χ2n) is 13.9. The normalized spacial score (nSPS) is 11.6. The monoisotopic (exact) mass is 699 g/mol. The Balaban J connectivity index is 1.19. The second kappa shape index (κ2) is 11.8. The molecule has 0 atom stereocenters. The van der Waals surface area contributed by atoms with Crippen LogP contribution in [0.15, 0.2) is 176 Å². The predicted octanol–water partition coefficient (Wildman–Crippen LogP) is 12.4. The van der Waals surface area contributed by atoms with Crippen molar-refractivity contribution in [2.45, 2.75) is 0 Å². The highest BCUT2D eigenvalue weighted by Crippen LogP contribution is 2.42. The average Bonchev–Trinajstić information content (AvgIpc) is 3.89. The fourth-order valence-electron chi connectivity index (χ4n) is 8.91. The number of para-hydroxylation sites is 5. The molecule has 0 fully saturated rings. The fourth-order valence-corrected chi connectivity index (χ4v) is 8.91. The Hall–Kier alpha value is -7.86. The maximum absolute atomic E-state index is 10.6. The van der Waals surface area contributed by atoms with Gasteiger partial charge in [0.15, 0.2) is 0 Å². The van der Waals surface area contributed by atoms with Crippen molar-refractivity contribution >= 4 is 65.4 Å². The van der Waals surface area contributed by atoms with E-state index in [0.29, 0.717) is 11.1 Å². The maximum Gasteiger partial charge on any atom is 0.0998 e. The van der Waals surface area contributed by atoms with Gasteiger partial charge in [-0.3, -0.25) is 0 Å². The Labute approximate surface area is 316 Å². The molecule has 8 aromatic carbocycles. The third-order valence-electron chi connectivity index (χ3n) is 11.1. The van der Waals surface area contributed by atoms with Crippen molar-refractivity contribution in [2.24, 2.45) is 0 Å². The number of aromatic nitrogens is 3. The van der Waals surface area contributed by atoms with Gasteiger partial charge in [0.05, 0.1) is 67.7 Å². The summed E-state index contributed by atoms with van der Waals surface area (Å²) in [4.78, 5) is 0. The van der Waals surface area contributed by atoms with Gasteiger partial charge in [0.25, 0.3) is 0 Å². The van der Waals surface area contributed by atoms with Gasteiger partial charge in [-0.1, -0.05) is 103 Å². The molecule has 11 aromatic rings. The van der Waals surface area contributed by atoms with Crippen molar-refractivity contribution < 1.29 is 0 Å². The molecule has 254 valence electrons. The summed E-state index contributed by atoms with van der Waals surface area (Å²) < 4.78 is 6.95. The molecule has 0 aliphatic heterocycles. The van der Waals surface area contributed by atoms with Crippen LogP contribution in [0.3, 0.4) is 0 Å². The lowest BCUT2D eigenvalue weighted by Crippen LogP contribution is -2.00. The fraction of sp³-hybridized carbons (Fsp3) is 0. The van der Waals surface area contributed by atoms with E-state index in [1.54, 1.807) is 0 Å². The van der Waals surface area contributed by atoms with Crippen LogP contribution < -0.4 is 0 Å². The van der Waals surface area contributed by atoms with Gasteiger partial charge >= 0.3 is 0 Å². The SMILES string of the molecule is N#Cc1ccc(-n2c3ccccc3c3c(-n4c5ccccc5c5ccccc54)cccc32)cc1-c1ccccc1-n1c2ccccc2c2c(C#N)cccc21. The first-order chi connectivity index (χ1) is 27.2. The zero-order chi connectivity index (χ0) is 36.6. The minimum atomic E-state index is 0.585. The maximum atomic E-state index is 10.6. The number of nitrogens with zero attached hydrogens (tertiary/aromatic N) is 5. The molecule has 0 saturated carbocycles. The minimum absolute atomic E-state index is 0.585. The summed E-state index contributed by atoms with van der Waals surface area (Å²) in [5, 5.41) is 27.4. The molecular weight excluding hydrogens is 671 g/mol. The van der Waals surface area contributed by atoms with E-state index in [2.05, 4.69) is 159 Å². The number of hydrogen-bond acceptors (Lipinski definition) is 2. The highest BCUT2D eigenvalue weighted by molar-refractivity contribution is 6.17. The van der Waals surface area contributed by atoms with Crippen molar-refractivity contribution in [3.63, 3.8) is 0 Å². The molecule has 5 heteroatoms. The summed E-state index contributed by atoms with van der Waals surface area (Å²) in [6, 6.07) is 65.9. The van der Waals surface area contributed by atoms with E-state index in [-0.39, 0.29) is 0 Å². The van der Waals surface area contributed by atoms with E-state index in [4.69, 9.17) is 0 Å². The van der Waals surface area contributed by atoms with Crippen molar-refractivity contribution in [3.05, 3.63) is 187 Å². The number of fused-ring (bicyclic) bond motifs is 9. The van der Waals surface area contributed by atoms with Crippen LogP contribution in [0.2, 0.25) is 0 Å². The third-order valence-corrected chi connectivity index (χ3v) is 11.1. The lowest BCUT2D eigenvalue weighted by Gasteiger charge is -2.17. The molecule has 0 aliphatic rings. The smallest absolute Gasteiger partial charge is 0.0998 e. The Morgan fingerprint density at radius 1 is 0.327 bits per heavy atom. The molecule has 0 saturated heterocycles. The number of benzene rings is 8. The van der Waals surface area contributed by atoms with Crippen LogP contribution in [-0.2, 0) is 0 Å². The van der Waals surface area contributed by atoms with Crippen LogP contribution >= 0.6 is 0 Å². The molecule has 3 aromatic heterocycles. The predicted molar refractivity (Wildman–Crippen MR) is 224 cm³/mol. The molecule has 5 nitrogen and oxygen atoms in total. The lowest BCUT2D eigenvalue weighted by molar-refractivity contribution is 1.16. The van der Waals surface area contributed by atoms with Gasteiger partial charge in [-0.25, -0.2) is 0 Å². The quantitative estimate of drug-likeness (QED) is 0.184. The lowest BCUT2D eigenvalue weighted by atomic mass is 9.97. The number of hydrogen-bond donors (Lipinski definition) is 0. The summed E-state index contributed by atoms with van der Waals surface area (Å²) in [6.45, 7) is 0. The molecule has 0 spiro atoms. The van der Waals surface area contributed by atoms with Crippen molar-refractivity contribution in [2.75, 3.05) is 0 Å². The Bertz CT molecular complexity index is 3420. The molecule has 0 radical (unpaired) electrons. The molecule has 0 bridgehead atoms. The van der Waals surface area contributed by atoms with E-state index >= 15 is 0 Å². The summed E-state index contributed by atoms with van der Waals surface area (Å²) >= 11 is 0. The molecule has 0 N–H and O–H groups in total. The molecular formula is C50H29N5. The van der Waals surface area contributed by atoms with Gasteiger partial charge in [-0.15, -0.1) is 0 Å². The Kier molecular flexibility index (Phi) is 6.61. The van der Waals surface area contributed by atoms with E-state index in [1.165, 1.54) is 10.8 Å². The summed E-state index contributed by atoms with van der Waals surface area (Å²) in [7, 11) is 0. The van der Waals surface area contributed by atoms with E-state index < -0.39 is 0 Å². The number of nitriles is 2. The van der Waals surface area contributed by atoms with Crippen molar-refractivity contribution in [3.8, 4) is 40.3 Å². The average molecular weight is 700 g/mol. The first-order valence-electron chi connectivity index (χ1n) is 18.3. The highest BCUT2D eigenvalue weighted by atomic mass is 15.0. The molecule has 11 rings (SSSR count). The third kappa shape index (κ3) is 4.33. The largest absolute Gasteiger partial charge is 0.309 e. The van der Waals surface area contributed by atoms with Crippen LogP contribution in [0, 0.1) is 22.7 Å². The standard InChI is InChI=1S/C50H29N5/c51-30-32-27-28-34(29-40(32)37-16-3-8-21-43(37)55-45-23-10-4-17-38(45)49-33(31-52)13-11-24-46(49)55)53-44-22-9-5-18-39(44)50-47(53)25-12-26-48(50)54-41-19-6-1-14-35(41)36-15-2-7-20-42(36)54/h1-29H. The first kappa shape index (κ1) is 30.7. The van der Waals surface area contributed by atoms with Gasteiger partial charge in [0.2, 0.25) is 0 Å². The van der Waals surface area contributed by atoms with Crippen LogP contribution in [0.25, 0.3) is 93.6 Å². The van der Waals surface area contributed by atoms with Crippen LogP contribution in [0.1, 0.15) is 11.1 Å². The summed E-state index contributed by atoms with van der Waals surface area (Å²) in [5.74, 6) is 0. The van der Waals surface area contributed by atoms with Gasteiger partial charge in [0.1, 0.15) is 0 Å². The molecule has 0 unspecified atom stereocenters. The van der Waals surface area contributed by atoms with Gasteiger partial charge in [-0.2, -0.15) is 10.5 Å². The van der Waals surface area contributed by atoms with Crippen LogP contribution in [0.5, 0.6) is 0 Å². The van der Waals surface area contributed by atoms with Crippen molar-refractivity contribution in [1.29, 1.82) is 10.5 Å². The van der Waals surface area contributed by atoms with E-state index in [0.717, 1.165) is 82.8 Å². The molecule has 55 heavy (non-hydrogen) atoms. The zero-order valence-corrected chi connectivity index (χ0v) is 29.5. The summed E-state index contributed by atoms with van der Waals surface area (Å²) in [5.41, 5.74) is 12.4. The Morgan fingerprint density at radius 2 is 0.800 bits per heavy atom. The first-order valence-corrected chi connectivity index (χ1v) is 18.3. The van der Waals surface area contributed by atoms with Crippen LogP contribution in [0.4, 0.5) is 0 Å². The summed E-state index contributed by atoms with van der Waals surface area (Å²) in [6.07, 6.45) is 0. The minimum Gasteiger partial charge on any atom is -0.309 e. The van der Waals surface area contributed by atoms with Crippen molar-refractivity contribution in [1.82, 2.24) is 13.7 Å². The topological polar surface area (TPSA) is 62.4 Å². The number of rotatable bonds is 4. The zero-order valence-electron chi connectivity index (χ0n) is 29.5. The second-order valence-corrected chi connectivity index (χ2v) is 13.9. The highest BCUT2D eigenvalue weighted by Gasteiger charge is 2.22. The molecule has 0 amide bonds.